The third-order valence-corrected chi connectivity index (χ3v) is 3.44. The standard InChI is InChI=1S/C14H23N3O/c1-15-14-4-3-13(9-16-14)11-17(2)10-12-5-7-18-8-6-12/h3-4,9,12H,5-8,10-11H2,1-2H3,(H,15,16). The smallest absolute Gasteiger partial charge is 0.125 e. The molecule has 1 aromatic heterocycles. The topological polar surface area (TPSA) is 37.4 Å². The molecule has 1 aliphatic rings. The van der Waals surface area contributed by atoms with E-state index in [-0.39, 0.29) is 0 Å². The highest BCUT2D eigenvalue weighted by Crippen LogP contribution is 2.16. The number of aromatic nitrogens is 1. The van der Waals surface area contributed by atoms with E-state index in [1.807, 2.05) is 19.3 Å². The van der Waals surface area contributed by atoms with Crippen LogP contribution in [0.5, 0.6) is 0 Å². The third-order valence-electron chi connectivity index (χ3n) is 3.44. The second-order valence-corrected chi connectivity index (χ2v) is 5.05. The summed E-state index contributed by atoms with van der Waals surface area (Å²) in [5.74, 6) is 1.71. The van der Waals surface area contributed by atoms with Crippen molar-refractivity contribution < 1.29 is 4.74 Å². The number of nitrogens with zero attached hydrogens (tertiary/aromatic N) is 2. The predicted octanol–water partition coefficient (Wildman–Crippen LogP) is 1.98. The van der Waals surface area contributed by atoms with E-state index in [0.717, 1.165) is 38.0 Å². The highest BCUT2D eigenvalue weighted by molar-refractivity contribution is 5.34. The van der Waals surface area contributed by atoms with Crippen molar-refractivity contribution in [3.8, 4) is 0 Å². The van der Waals surface area contributed by atoms with Gasteiger partial charge in [0.1, 0.15) is 5.82 Å². The lowest BCUT2D eigenvalue weighted by Gasteiger charge is -2.27. The van der Waals surface area contributed by atoms with Crippen LogP contribution in [0.1, 0.15) is 18.4 Å². The molecule has 1 fully saturated rings. The van der Waals surface area contributed by atoms with Crippen LogP contribution in [0.4, 0.5) is 5.82 Å². The summed E-state index contributed by atoms with van der Waals surface area (Å²) in [5, 5.41) is 3.03. The summed E-state index contributed by atoms with van der Waals surface area (Å²) in [7, 11) is 4.07. The van der Waals surface area contributed by atoms with Gasteiger partial charge in [0.25, 0.3) is 0 Å². The highest BCUT2D eigenvalue weighted by Gasteiger charge is 2.15. The lowest BCUT2D eigenvalue weighted by molar-refractivity contribution is 0.0549. The normalized spacial score (nSPS) is 17.1. The second-order valence-electron chi connectivity index (χ2n) is 5.05. The molecule has 1 aromatic rings. The summed E-state index contributed by atoms with van der Waals surface area (Å²) in [6.07, 6.45) is 4.34. The molecule has 18 heavy (non-hydrogen) atoms. The van der Waals surface area contributed by atoms with Crippen LogP contribution in [-0.4, -0.2) is 43.7 Å². The number of hydrogen-bond donors (Lipinski definition) is 1. The van der Waals surface area contributed by atoms with Gasteiger partial charge in [-0.05, 0) is 37.4 Å². The van der Waals surface area contributed by atoms with Gasteiger partial charge in [-0.25, -0.2) is 4.98 Å². The Kier molecular flexibility index (Phi) is 4.96. The molecule has 1 aliphatic heterocycles. The first kappa shape index (κ1) is 13.3. The van der Waals surface area contributed by atoms with Gasteiger partial charge in [-0.15, -0.1) is 0 Å². The minimum absolute atomic E-state index is 0.785. The van der Waals surface area contributed by atoms with Crippen LogP contribution in [-0.2, 0) is 11.3 Å². The zero-order chi connectivity index (χ0) is 12.8. The lowest BCUT2D eigenvalue weighted by atomic mass is 10.00. The van der Waals surface area contributed by atoms with Crippen molar-refractivity contribution in [1.29, 1.82) is 0 Å². The number of anilines is 1. The van der Waals surface area contributed by atoms with Gasteiger partial charge in [0, 0.05) is 39.5 Å². The number of nitrogens with one attached hydrogen (secondary N) is 1. The summed E-state index contributed by atoms with van der Waals surface area (Å²) in [6, 6.07) is 4.16. The van der Waals surface area contributed by atoms with E-state index in [4.69, 9.17) is 4.74 Å². The van der Waals surface area contributed by atoms with Crippen LogP contribution >= 0.6 is 0 Å². The Morgan fingerprint density at radius 3 is 2.78 bits per heavy atom. The molecule has 2 heterocycles. The van der Waals surface area contributed by atoms with Gasteiger partial charge in [-0.1, -0.05) is 6.07 Å². The molecule has 0 aromatic carbocycles. The van der Waals surface area contributed by atoms with E-state index in [1.165, 1.54) is 18.4 Å². The van der Waals surface area contributed by atoms with E-state index in [0.29, 0.717) is 0 Å². The Labute approximate surface area is 109 Å². The van der Waals surface area contributed by atoms with Crippen LogP contribution in [0.25, 0.3) is 0 Å². The van der Waals surface area contributed by atoms with E-state index in [9.17, 15) is 0 Å². The molecule has 0 radical (unpaired) electrons. The van der Waals surface area contributed by atoms with Crippen LogP contribution < -0.4 is 5.32 Å². The molecule has 0 amide bonds. The molecule has 0 unspecified atom stereocenters. The summed E-state index contributed by atoms with van der Waals surface area (Å²) in [6.45, 7) is 3.97. The SMILES string of the molecule is CNc1ccc(CN(C)CC2CCOCC2)cn1. The fraction of sp³-hybridized carbons (Fsp3) is 0.643. The van der Waals surface area contributed by atoms with Crippen molar-refractivity contribution in [2.24, 2.45) is 5.92 Å². The first-order chi connectivity index (χ1) is 8.78. The minimum atomic E-state index is 0.785. The maximum Gasteiger partial charge on any atom is 0.125 e. The minimum Gasteiger partial charge on any atom is -0.381 e. The van der Waals surface area contributed by atoms with E-state index in [1.54, 1.807) is 0 Å². The zero-order valence-electron chi connectivity index (χ0n) is 11.4. The average molecular weight is 249 g/mol. The molecule has 100 valence electrons. The van der Waals surface area contributed by atoms with Crippen molar-refractivity contribution in [2.75, 3.05) is 39.2 Å². The second kappa shape index (κ2) is 6.71. The molecule has 0 saturated carbocycles. The average Bonchev–Trinajstić information content (AvgIpc) is 2.40. The third kappa shape index (κ3) is 3.96. The molecular weight excluding hydrogens is 226 g/mol. The maximum absolute atomic E-state index is 5.39. The Hall–Kier alpha value is -1.13. The molecule has 4 nitrogen and oxygen atoms in total. The van der Waals surface area contributed by atoms with Crippen LogP contribution in [0.3, 0.4) is 0 Å². The van der Waals surface area contributed by atoms with Crippen molar-refractivity contribution in [2.45, 2.75) is 19.4 Å². The fourth-order valence-electron chi connectivity index (χ4n) is 2.41. The summed E-state index contributed by atoms with van der Waals surface area (Å²) in [5.41, 5.74) is 1.27. The zero-order valence-corrected chi connectivity index (χ0v) is 11.4. The number of ether oxygens (including phenoxy) is 1. The quantitative estimate of drug-likeness (QED) is 0.866. The largest absolute Gasteiger partial charge is 0.381 e. The lowest BCUT2D eigenvalue weighted by Crippen LogP contribution is -2.29. The van der Waals surface area contributed by atoms with Crippen LogP contribution in [0, 0.1) is 5.92 Å². The molecule has 0 bridgehead atoms. The molecule has 0 atom stereocenters. The maximum atomic E-state index is 5.39. The van der Waals surface area contributed by atoms with Crippen molar-refractivity contribution in [3.05, 3.63) is 23.9 Å². The highest BCUT2D eigenvalue weighted by atomic mass is 16.5. The summed E-state index contributed by atoms with van der Waals surface area (Å²) < 4.78 is 5.39. The van der Waals surface area contributed by atoms with Crippen molar-refractivity contribution >= 4 is 5.82 Å². The van der Waals surface area contributed by atoms with Gasteiger partial charge >= 0.3 is 0 Å². The molecule has 2 rings (SSSR count). The van der Waals surface area contributed by atoms with Gasteiger partial charge in [0.05, 0.1) is 0 Å². The van der Waals surface area contributed by atoms with Crippen molar-refractivity contribution in [3.63, 3.8) is 0 Å². The predicted molar refractivity (Wildman–Crippen MR) is 73.7 cm³/mol. The number of pyridine rings is 1. The first-order valence-electron chi connectivity index (χ1n) is 6.67. The van der Waals surface area contributed by atoms with Crippen LogP contribution in [0.2, 0.25) is 0 Å². The monoisotopic (exact) mass is 249 g/mol. The number of rotatable bonds is 5. The molecule has 1 saturated heterocycles. The summed E-state index contributed by atoms with van der Waals surface area (Å²) >= 11 is 0. The van der Waals surface area contributed by atoms with E-state index < -0.39 is 0 Å². The summed E-state index contributed by atoms with van der Waals surface area (Å²) in [4.78, 5) is 6.72. The van der Waals surface area contributed by atoms with Gasteiger partial charge < -0.3 is 15.0 Å². The van der Waals surface area contributed by atoms with Crippen LogP contribution in [0.15, 0.2) is 18.3 Å². The molecule has 0 aliphatic carbocycles. The van der Waals surface area contributed by atoms with Gasteiger partial charge in [-0.3, -0.25) is 0 Å². The Balaban J connectivity index is 1.80. The molecular formula is C14H23N3O. The molecule has 1 N–H and O–H groups in total. The van der Waals surface area contributed by atoms with Crippen molar-refractivity contribution in [1.82, 2.24) is 9.88 Å². The van der Waals surface area contributed by atoms with E-state index >= 15 is 0 Å². The Morgan fingerprint density at radius 2 is 2.17 bits per heavy atom. The fourth-order valence-corrected chi connectivity index (χ4v) is 2.41. The van der Waals surface area contributed by atoms with Gasteiger partial charge in [-0.2, -0.15) is 0 Å². The van der Waals surface area contributed by atoms with Gasteiger partial charge in [0.15, 0.2) is 0 Å². The Morgan fingerprint density at radius 1 is 1.39 bits per heavy atom. The first-order valence-corrected chi connectivity index (χ1v) is 6.67. The van der Waals surface area contributed by atoms with E-state index in [2.05, 4.69) is 28.3 Å². The molecule has 0 spiro atoms. The van der Waals surface area contributed by atoms with Gasteiger partial charge in [0.2, 0.25) is 0 Å². The molecule has 4 heteroatoms. The Bertz CT molecular complexity index is 347. The number of hydrogen-bond acceptors (Lipinski definition) is 4.